The number of amides is 1. The van der Waals surface area contributed by atoms with Crippen molar-refractivity contribution < 1.29 is 27.3 Å². The molecule has 2 aromatic carbocycles. The van der Waals surface area contributed by atoms with Crippen LogP contribution in [-0.4, -0.2) is 10.8 Å². The fraction of sp³-hybridized carbons (Fsp3) is 0.0714. The third kappa shape index (κ3) is 3.80. The highest BCUT2D eigenvalue weighted by molar-refractivity contribution is 6.34. The number of halogens is 5. The summed E-state index contributed by atoms with van der Waals surface area (Å²) in [6.45, 7) is 0. The van der Waals surface area contributed by atoms with Gasteiger partial charge < -0.3 is 5.32 Å². The van der Waals surface area contributed by atoms with Crippen LogP contribution in [0.15, 0.2) is 36.4 Å². The number of rotatable bonds is 3. The molecule has 0 heterocycles. The number of anilines is 1. The normalized spacial score (nSPS) is 11.2. The molecule has 0 aliphatic carbocycles. The quantitative estimate of drug-likeness (QED) is 0.490. The van der Waals surface area contributed by atoms with Gasteiger partial charge in [-0.3, -0.25) is 14.9 Å². The predicted molar refractivity (Wildman–Crippen MR) is 77.5 cm³/mol. The Morgan fingerprint density at radius 2 is 1.83 bits per heavy atom. The maximum atomic E-state index is 13.2. The van der Waals surface area contributed by atoms with Gasteiger partial charge in [-0.2, -0.15) is 17.6 Å². The summed E-state index contributed by atoms with van der Waals surface area (Å²) in [5.74, 6) is -2.12. The Hall–Kier alpha value is -2.68. The molecule has 0 aliphatic rings. The van der Waals surface area contributed by atoms with Crippen molar-refractivity contribution in [2.45, 2.75) is 6.18 Å². The third-order valence-electron chi connectivity index (χ3n) is 2.95. The van der Waals surface area contributed by atoms with Gasteiger partial charge in [-0.1, -0.05) is 11.6 Å². The summed E-state index contributed by atoms with van der Waals surface area (Å²) in [6.07, 6.45) is -4.64. The smallest absolute Gasteiger partial charge is 0.321 e. The Morgan fingerprint density at radius 1 is 1.17 bits per heavy atom. The molecular formula is C14H7ClF4N2O3. The van der Waals surface area contributed by atoms with Gasteiger partial charge in [0, 0.05) is 11.6 Å². The molecule has 2 rings (SSSR count). The highest BCUT2D eigenvalue weighted by Gasteiger charge is 2.31. The van der Waals surface area contributed by atoms with Crippen molar-refractivity contribution in [1.29, 1.82) is 0 Å². The van der Waals surface area contributed by atoms with Crippen molar-refractivity contribution in [2.75, 3.05) is 5.32 Å². The zero-order valence-corrected chi connectivity index (χ0v) is 12.3. The molecule has 126 valence electrons. The summed E-state index contributed by atoms with van der Waals surface area (Å²) in [5.41, 5.74) is -2.61. The molecule has 1 amide bonds. The van der Waals surface area contributed by atoms with Gasteiger partial charge in [0.25, 0.3) is 5.91 Å². The van der Waals surface area contributed by atoms with Gasteiger partial charge in [-0.05, 0) is 30.3 Å². The van der Waals surface area contributed by atoms with Gasteiger partial charge in [0.05, 0.1) is 21.2 Å². The van der Waals surface area contributed by atoms with Crippen molar-refractivity contribution in [3.8, 4) is 0 Å². The van der Waals surface area contributed by atoms with Crippen LogP contribution in [0.2, 0.25) is 5.02 Å². The van der Waals surface area contributed by atoms with Gasteiger partial charge >= 0.3 is 11.9 Å². The number of hydrogen-bond donors (Lipinski definition) is 1. The van der Waals surface area contributed by atoms with Gasteiger partial charge in [-0.15, -0.1) is 0 Å². The number of nitro benzene ring substituents is 1. The van der Waals surface area contributed by atoms with Gasteiger partial charge in [-0.25, -0.2) is 0 Å². The molecule has 0 radical (unpaired) electrons. The minimum Gasteiger partial charge on any atom is -0.321 e. The Labute approximate surface area is 137 Å². The van der Waals surface area contributed by atoms with Crippen LogP contribution in [-0.2, 0) is 6.18 Å². The maximum absolute atomic E-state index is 13.2. The van der Waals surface area contributed by atoms with Crippen LogP contribution in [0, 0.1) is 15.9 Å². The summed E-state index contributed by atoms with van der Waals surface area (Å²) in [4.78, 5) is 21.6. The number of nitrogens with zero attached hydrogens (tertiary/aromatic N) is 1. The zero-order valence-electron chi connectivity index (χ0n) is 11.5. The first-order valence-corrected chi connectivity index (χ1v) is 6.59. The topological polar surface area (TPSA) is 72.2 Å². The molecule has 5 nitrogen and oxygen atoms in total. The molecule has 0 saturated carbocycles. The lowest BCUT2D eigenvalue weighted by atomic mass is 10.1. The molecule has 1 N–H and O–H groups in total. The van der Waals surface area contributed by atoms with Crippen molar-refractivity contribution in [1.82, 2.24) is 0 Å². The van der Waals surface area contributed by atoms with Crippen molar-refractivity contribution in [3.63, 3.8) is 0 Å². The first kappa shape index (κ1) is 17.7. The highest BCUT2D eigenvalue weighted by Crippen LogP contribution is 2.34. The number of carbonyl (C=O) groups excluding carboxylic acids is 1. The van der Waals surface area contributed by atoms with E-state index in [2.05, 4.69) is 5.32 Å². The Bertz CT molecular complexity index is 824. The summed E-state index contributed by atoms with van der Waals surface area (Å²) >= 11 is 5.73. The summed E-state index contributed by atoms with van der Waals surface area (Å²) in [7, 11) is 0. The fourth-order valence-electron chi connectivity index (χ4n) is 1.79. The van der Waals surface area contributed by atoms with E-state index in [9.17, 15) is 32.5 Å². The average molecular weight is 363 g/mol. The van der Waals surface area contributed by atoms with E-state index in [1.807, 2.05) is 0 Å². The second kappa shape index (κ2) is 6.44. The van der Waals surface area contributed by atoms with Crippen LogP contribution in [0.25, 0.3) is 0 Å². The monoisotopic (exact) mass is 362 g/mol. The van der Waals surface area contributed by atoms with Gasteiger partial charge in [0.1, 0.15) is 0 Å². The first-order valence-electron chi connectivity index (χ1n) is 6.21. The van der Waals surface area contributed by atoms with E-state index in [1.165, 1.54) is 0 Å². The summed E-state index contributed by atoms with van der Waals surface area (Å²) in [6, 6.07) is 4.65. The minimum atomic E-state index is -4.64. The number of alkyl halides is 3. The van der Waals surface area contributed by atoms with E-state index in [0.717, 1.165) is 18.2 Å². The first-order chi connectivity index (χ1) is 11.1. The molecule has 0 bridgehead atoms. The molecule has 0 fully saturated rings. The van der Waals surface area contributed by atoms with E-state index in [0.29, 0.717) is 18.2 Å². The average Bonchev–Trinajstić information content (AvgIpc) is 2.48. The largest absolute Gasteiger partial charge is 0.416 e. The SMILES string of the molecule is O=C(Nc1cc(C(F)(F)F)ccc1Cl)c1ccc(F)c([N+](=O)[O-])c1. The summed E-state index contributed by atoms with van der Waals surface area (Å²) < 4.78 is 51.3. The van der Waals surface area contributed by atoms with Crippen LogP contribution < -0.4 is 5.32 Å². The lowest BCUT2D eigenvalue weighted by Crippen LogP contribution is -2.14. The molecule has 0 aliphatic heterocycles. The number of benzene rings is 2. The summed E-state index contributed by atoms with van der Waals surface area (Å²) in [5, 5.41) is 12.6. The molecule has 0 aromatic heterocycles. The molecule has 0 saturated heterocycles. The second-order valence-corrected chi connectivity index (χ2v) is 4.98. The van der Waals surface area contributed by atoms with Gasteiger partial charge in [0.15, 0.2) is 0 Å². The van der Waals surface area contributed by atoms with Crippen molar-refractivity contribution in [3.05, 3.63) is 68.5 Å². The van der Waals surface area contributed by atoms with E-state index in [1.54, 1.807) is 0 Å². The van der Waals surface area contributed by atoms with Gasteiger partial charge in [0.2, 0.25) is 5.82 Å². The Kier molecular flexibility index (Phi) is 4.74. The van der Waals surface area contributed by atoms with Crippen LogP contribution in [0.4, 0.5) is 28.9 Å². The number of carbonyl (C=O) groups is 1. The number of nitrogens with one attached hydrogen (secondary N) is 1. The standard InChI is InChI=1S/C14H7ClF4N2O3/c15-9-3-2-8(14(17,18)19)6-11(9)20-13(22)7-1-4-10(16)12(5-7)21(23)24/h1-6H,(H,20,22). The van der Waals surface area contributed by atoms with Crippen LogP contribution in [0.3, 0.4) is 0 Å². The second-order valence-electron chi connectivity index (χ2n) is 4.57. The number of hydrogen-bond acceptors (Lipinski definition) is 3. The lowest BCUT2D eigenvalue weighted by Gasteiger charge is -2.11. The molecule has 0 spiro atoms. The molecule has 24 heavy (non-hydrogen) atoms. The van der Waals surface area contributed by atoms with Crippen LogP contribution >= 0.6 is 11.6 Å². The zero-order chi connectivity index (χ0) is 18.1. The number of nitro groups is 1. The molecule has 2 aromatic rings. The molecule has 0 unspecified atom stereocenters. The van der Waals surface area contributed by atoms with Crippen molar-refractivity contribution in [2.24, 2.45) is 0 Å². The van der Waals surface area contributed by atoms with E-state index < -0.39 is 34.1 Å². The molecule has 0 atom stereocenters. The van der Waals surface area contributed by atoms with Crippen LogP contribution in [0.1, 0.15) is 15.9 Å². The lowest BCUT2D eigenvalue weighted by molar-refractivity contribution is -0.387. The maximum Gasteiger partial charge on any atom is 0.416 e. The molecular weight excluding hydrogens is 356 g/mol. The van der Waals surface area contributed by atoms with E-state index in [-0.39, 0.29) is 16.3 Å². The molecule has 10 heteroatoms. The fourth-order valence-corrected chi connectivity index (χ4v) is 1.95. The predicted octanol–water partition coefficient (Wildman–Crippen LogP) is 4.66. The third-order valence-corrected chi connectivity index (χ3v) is 3.28. The highest BCUT2D eigenvalue weighted by atomic mass is 35.5. The van der Waals surface area contributed by atoms with Crippen molar-refractivity contribution >= 4 is 28.9 Å². The van der Waals surface area contributed by atoms with Crippen LogP contribution in [0.5, 0.6) is 0 Å². The Morgan fingerprint density at radius 3 is 2.42 bits per heavy atom. The Balaban J connectivity index is 2.33. The van der Waals surface area contributed by atoms with E-state index >= 15 is 0 Å². The van der Waals surface area contributed by atoms with E-state index in [4.69, 9.17) is 11.6 Å². The minimum absolute atomic E-state index is 0.159.